The van der Waals surface area contributed by atoms with Crippen LogP contribution in [0.3, 0.4) is 0 Å². The zero-order chi connectivity index (χ0) is 13.7. The number of hydrogen-bond acceptors (Lipinski definition) is 2. The summed E-state index contributed by atoms with van der Waals surface area (Å²) in [6.45, 7) is 8.08. The fraction of sp³-hybridized carbons (Fsp3) is 0.647. The summed E-state index contributed by atoms with van der Waals surface area (Å²) in [7, 11) is 0. The Bertz CT molecular complexity index is 450. The second-order valence-corrected chi connectivity index (χ2v) is 6.47. The van der Waals surface area contributed by atoms with Gasteiger partial charge in [-0.1, -0.05) is 36.8 Å². The smallest absolute Gasteiger partial charge is 0.178 e. The van der Waals surface area contributed by atoms with E-state index in [4.69, 9.17) is 4.74 Å². The summed E-state index contributed by atoms with van der Waals surface area (Å²) in [5, 5.41) is 11.2. The van der Waals surface area contributed by atoms with Gasteiger partial charge in [-0.25, -0.2) is 0 Å². The van der Waals surface area contributed by atoms with Crippen LogP contribution in [0.15, 0.2) is 36.5 Å². The largest absolute Gasteiger partial charge is 0.364 e. The van der Waals surface area contributed by atoms with Crippen LogP contribution in [0, 0.1) is 17.3 Å². The van der Waals surface area contributed by atoms with E-state index in [1.165, 1.54) is 5.57 Å². The maximum atomic E-state index is 11.2. The molecule has 19 heavy (non-hydrogen) atoms. The second kappa shape index (κ2) is 4.32. The Labute approximate surface area is 115 Å². The van der Waals surface area contributed by atoms with E-state index in [0.29, 0.717) is 5.92 Å². The quantitative estimate of drug-likeness (QED) is 0.786. The van der Waals surface area contributed by atoms with E-state index in [-0.39, 0.29) is 17.4 Å². The Hall–Kier alpha value is -0.860. The van der Waals surface area contributed by atoms with Crippen molar-refractivity contribution in [2.24, 2.45) is 17.3 Å². The normalized spacial score (nSPS) is 47.7. The van der Waals surface area contributed by atoms with Crippen molar-refractivity contribution in [2.75, 3.05) is 0 Å². The molecule has 2 heteroatoms. The van der Waals surface area contributed by atoms with E-state index in [9.17, 15) is 5.11 Å². The standard InChI is InChI=1S/C17H24O2/c1-4-5-9-16-10-8-12(2)11-14(16)15-7-6-13(3)17(16,18)19-15/h4,8,10-11,13-15,18H,1,5-7,9H2,2-3H3/t13-,14+,15-,16+,17+/m1/s1. The molecule has 0 amide bonds. The average Bonchev–Trinajstić information content (AvgIpc) is 2.60. The number of hydrogen-bond donors (Lipinski definition) is 1. The van der Waals surface area contributed by atoms with Gasteiger partial charge in [0, 0.05) is 11.8 Å². The molecule has 2 fully saturated rings. The number of aliphatic hydroxyl groups is 1. The van der Waals surface area contributed by atoms with E-state index < -0.39 is 5.79 Å². The topological polar surface area (TPSA) is 29.5 Å². The predicted octanol–water partition coefficient (Wildman–Crippen LogP) is 3.59. The Balaban J connectivity index is 2.07. The summed E-state index contributed by atoms with van der Waals surface area (Å²) in [6, 6.07) is 0. The zero-order valence-electron chi connectivity index (χ0n) is 11.9. The van der Waals surface area contributed by atoms with Crippen molar-refractivity contribution in [3.05, 3.63) is 36.5 Å². The first kappa shape index (κ1) is 13.1. The van der Waals surface area contributed by atoms with Gasteiger partial charge in [-0.2, -0.15) is 0 Å². The van der Waals surface area contributed by atoms with Crippen LogP contribution in [0.2, 0.25) is 0 Å². The minimum Gasteiger partial charge on any atom is -0.364 e. The number of ether oxygens (including phenoxy) is 1. The van der Waals surface area contributed by atoms with Crippen LogP contribution in [0.25, 0.3) is 0 Å². The summed E-state index contributed by atoms with van der Waals surface area (Å²) < 4.78 is 6.12. The fourth-order valence-corrected chi connectivity index (χ4v) is 4.28. The molecule has 2 aliphatic heterocycles. The molecule has 2 nitrogen and oxygen atoms in total. The molecule has 2 bridgehead atoms. The lowest BCUT2D eigenvalue weighted by Crippen LogP contribution is -2.52. The van der Waals surface area contributed by atoms with Crippen molar-refractivity contribution in [1.82, 2.24) is 0 Å². The van der Waals surface area contributed by atoms with Gasteiger partial charge in [0.25, 0.3) is 0 Å². The molecule has 3 aliphatic rings. The van der Waals surface area contributed by atoms with Crippen LogP contribution in [0.1, 0.15) is 39.5 Å². The Kier molecular flexibility index (Phi) is 2.99. The molecule has 5 atom stereocenters. The van der Waals surface area contributed by atoms with E-state index in [1.807, 2.05) is 6.08 Å². The molecular weight excluding hydrogens is 236 g/mol. The summed E-state index contributed by atoms with van der Waals surface area (Å²) in [5.74, 6) is -0.500. The molecule has 0 saturated carbocycles. The minimum absolute atomic E-state index is 0.172. The highest BCUT2D eigenvalue weighted by atomic mass is 16.6. The van der Waals surface area contributed by atoms with Gasteiger partial charge in [-0.05, 0) is 32.6 Å². The van der Waals surface area contributed by atoms with Crippen molar-refractivity contribution < 1.29 is 9.84 Å². The Morgan fingerprint density at radius 2 is 2.32 bits per heavy atom. The summed E-state index contributed by atoms with van der Waals surface area (Å²) in [6.07, 6.45) is 12.7. The molecule has 1 N–H and O–H groups in total. The van der Waals surface area contributed by atoms with Gasteiger partial charge in [0.2, 0.25) is 0 Å². The molecule has 3 rings (SSSR count). The molecule has 0 aromatic rings. The molecule has 1 aliphatic carbocycles. The fourth-order valence-electron chi connectivity index (χ4n) is 4.28. The molecule has 0 spiro atoms. The van der Waals surface area contributed by atoms with Crippen LogP contribution in [0.4, 0.5) is 0 Å². The Morgan fingerprint density at radius 1 is 1.53 bits per heavy atom. The SMILES string of the molecule is C=CCC[C@]12C=CC(C)=C[C@H]1[C@H]1CC[C@@H](C)[C@]2(O)O1. The van der Waals surface area contributed by atoms with Gasteiger partial charge in [0.15, 0.2) is 5.79 Å². The summed E-state index contributed by atoms with van der Waals surface area (Å²) in [4.78, 5) is 0. The first-order valence-corrected chi connectivity index (χ1v) is 7.42. The van der Waals surface area contributed by atoms with Crippen molar-refractivity contribution in [3.8, 4) is 0 Å². The minimum atomic E-state index is -1.00. The van der Waals surface area contributed by atoms with Gasteiger partial charge < -0.3 is 9.84 Å². The van der Waals surface area contributed by atoms with Crippen molar-refractivity contribution >= 4 is 0 Å². The third-order valence-corrected chi connectivity index (χ3v) is 5.39. The molecule has 0 aromatic carbocycles. The van der Waals surface area contributed by atoms with E-state index in [1.54, 1.807) is 0 Å². The summed E-state index contributed by atoms with van der Waals surface area (Å²) >= 11 is 0. The highest BCUT2D eigenvalue weighted by Crippen LogP contribution is 2.62. The van der Waals surface area contributed by atoms with Crippen LogP contribution < -0.4 is 0 Å². The molecule has 2 saturated heterocycles. The van der Waals surface area contributed by atoms with E-state index >= 15 is 0 Å². The number of rotatable bonds is 3. The lowest BCUT2D eigenvalue weighted by molar-refractivity contribution is -0.277. The van der Waals surface area contributed by atoms with E-state index in [2.05, 4.69) is 38.7 Å². The molecule has 0 radical (unpaired) electrons. The van der Waals surface area contributed by atoms with E-state index in [0.717, 1.165) is 25.7 Å². The average molecular weight is 260 g/mol. The van der Waals surface area contributed by atoms with Gasteiger partial charge in [-0.3, -0.25) is 0 Å². The number of fused-ring (bicyclic) bond motifs is 5. The predicted molar refractivity (Wildman–Crippen MR) is 76.5 cm³/mol. The third-order valence-electron chi connectivity index (χ3n) is 5.39. The molecule has 0 aromatic heterocycles. The third kappa shape index (κ3) is 1.63. The monoisotopic (exact) mass is 260 g/mol. The lowest BCUT2D eigenvalue weighted by Gasteiger charge is -2.45. The van der Waals surface area contributed by atoms with Gasteiger partial charge >= 0.3 is 0 Å². The first-order valence-electron chi connectivity index (χ1n) is 7.42. The highest BCUT2D eigenvalue weighted by Gasteiger charge is 2.66. The van der Waals surface area contributed by atoms with Crippen molar-refractivity contribution in [2.45, 2.75) is 51.4 Å². The second-order valence-electron chi connectivity index (χ2n) is 6.47. The van der Waals surface area contributed by atoms with Gasteiger partial charge in [0.1, 0.15) is 0 Å². The molecule has 0 unspecified atom stereocenters. The number of allylic oxidation sites excluding steroid dienone is 3. The van der Waals surface area contributed by atoms with Crippen LogP contribution in [-0.4, -0.2) is 17.0 Å². The molecular formula is C17H24O2. The van der Waals surface area contributed by atoms with Crippen molar-refractivity contribution in [3.63, 3.8) is 0 Å². The van der Waals surface area contributed by atoms with Gasteiger partial charge in [0.05, 0.1) is 11.5 Å². The lowest BCUT2D eigenvalue weighted by atomic mass is 9.63. The van der Waals surface area contributed by atoms with Crippen LogP contribution >= 0.6 is 0 Å². The molecule has 104 valence electrons. The van der Waals surface area contributed by atoms with Crippen LogP contribution in [-0.2, 0) is 4.74 Å². The highest BCUT2D eigenvalue weighted by molar-refractivity contribution is 5.33. The first-order chi connectivity index (χ1) is 9.03. The van der Waals surface area contributed by atoms with Crippen molar-refractivity contribution in [1.29, 1.82) is 0 Å². The zero-order valence-corrected chi connectivity index (χ0v) is 11.9. The van der Waals surface area contributed by atoms with Gasteiger partial charge in [-0.15, -0.1) is 6.58 Å². The van der Waals surface area contributed by atoms with Crippen LogP contribution in [0.5, 0.6) is 0 Å². The summed E-state index contributed by atoms with van der Waals surface area (Å²) in [5.41, 5.74) is 1.02. The Morgan fingerprint density at radius 3 is 3.05 bits per heavy atom. The maximum absolute atomic E-state index is 11.2. The maximum Gasteiger partial charge on any atom is 0.178 e. The molecule has 2 heterocycles.